The molecule has 0 atom stereocenters. The van der Waals surface area contributed by atoms with Crippen molar-refractivity contribution in [2.45, 2.75) is 18.9 Å². The minimum absolute atomic E-state index is 0.0763. The maximum atomic E-state index is 13.0. The third kappa shape index (κ3) is 4.52. The maximum Gasteiger partial charge on any atom is 0.282 e. The molecule has 3 aromatic heterocycles. The summed E-state index contributed by atoms with van der Waals surface area (Å²) in [5, 5.41) is 4.82. The van der Waals surface area contributed by atoms with Crippen molar-refractivity contribution in [2.75, 3.05) is 32.7 Å². The van der Waals surface area contributed by atoms with Crippen LogP contribution in [0.25, 0.3) is 33.3 Å². The Bertz CT molecular complexity index is 1770. The van der Waals surface area contributed by atoms with Gasteiger partial charge in [-0.25, -0.2) is 18.7 Å². The number of ether oxygens (including phenoxy) is 1. The van der Waals surface area contributed by atoms with E-state index in [1.54, 1.807) is 24.5 Å². The van der Waals surface area contributed by atoms with Gasteiger partial charge in [-0.3, -0.25) is 19.4 Å². The SMILES string of the molecule is Cc1nc2ccc(Oc3ccc4ncc(-c5cnn(C6CN(CC(=O)N7CC(F)(F)C7)C6)c5)nc4c3Cl)cc2[nH]1. The van der Waals surface area contributed by atoms with E-state index in [-0.39, 0.29) is 18.5 Å². The molecule has 13 heteroatoms. The summed E-state index contributed by atoms with van der Waals surface area (Å²) >= 11 is 6.72. The molecule has 5 aromatic rings. The van der Waals surface area contributed by atoms with Crippen LogP contribution in [0.3, 0.4) is 0 Å². The van der Waals surface area contributed by atoms with E-state index in [9.17, 15) is 13.6 Å². The largest absolute Gasteiger partial charge is 0.456 e. The van der Waals surface area contributed by atoms with Gasteiger partial charge in [0.05, 0.1) is 60.3 Å². The van der Waals surface area contributed by atoms with Gasteiger partial charge in [-0.1, -0.05) is 11.6 Å². The quantitative estimate of drug-likeness (QED) is 0.325. The second-order valence-electron chi connectivity index (χ2n) is 10.3. The fourth-order valence-electron chi connectivity index (χ4n) is 5.04. The number of nitrogens with zero attached hydrogens (tertiary/aromatic N) is 7. The van der Waals surface area contributed by atoms with Crippen LogP contribution in [-0.2, 0) is 4.79 Å². The Hall–Kier alpha value is -4.16. The summed E-state index contributed by atoms with van der Waals surface area (Å²) in [5.74, 6) is -1.13. The van der Waals surface area contributed by atoms with Crippen molar-refractivity contribution in [3.05, 3.63) is 59.8 Å². The summed E-state index contributed by atoms with van der Waals surface area (Å²) in [6.45, 7) is 2.27. The van der Waals surface area contributed by atoms with Gasteiger partial charge in [-0.2, -0.15) is 5.10 Å². The smallest absolute Gasteiger partial charge is 0.282 e. The minimum atomic E-state index is -2.75. The topological polar surface area (TPSA) is 105 Å². The number of aryl methyl sites for hydroxylation is 1. The Morgan fingerprint density at radius 3 is 2.75 bits per heavy atom. The molecule has 2 fully saturated rings. The van der Waals surface area contributed by atoms with Gasteiger partial charge in [0, 0.05) is 30.9 Å². The number of benzene rings is 2. The molecule has 2 aliphatic rings. The number of imidazole rings is 1. The Morgan fingerprint density at radius 2 is 1.95 bits per heavy atom. The van der Waals surface area contributed by atoms with Gasteiger partial charge >= 0.3 is 0 Å². The molecule has 10 nitrogen and oxygen atoms in total. The van der Waals surface area contributed by atoms with E-state index in [4.69, 9.17) is 21.3 Å². The lowest BCUT2D eigenvalue weighted by atomic mass is 10.1. The van der Waals surface area contributed by atoms with Crippen molar-refractivity contribution in [1.29, 1.82) is 0 Å². The van der Waals surface area contributed by atoms with E-state index in [2.05, 4.69) is 20.1 Å². The highest BCUT2D eigenvalue weighted by atomic mass is 35.5. The lowest BCUT2D eigenvalue weighted by molar-refractivity contribution is -0.167. The second kappa shape index (κ2) is 9.20. The first-order valence-electron chi connectivity index (χ1n) is 12.7. The Kier molecular flexibility index (Phi) is 5.72. The summed E-state index contributed by atoms with van der Waals surface area (Å²) in [5.41, 5.74) is 4.24. The molecule has 2 aromatic carbocycles. The summed E-state index contributed by atoms with van der Waals surface area (Å²) in [4.78, 5) is 32.2. The standard InChI is InChI=1S/C27H23ClF2N8O2/c1-15-33-19-3-2-18(6-21(19)34-15)40-23-5-4-20-26(25(23)28)35-22(8-31-20)16-7-32-38(9-16)17-10-36(11-17)12-24(39)37-13-27(29,30)14-37/h2-9,17H,10-14H2,1H3,(H,33,34). The molecule has 40 heavy (non-hydrogen) atoms. The lowest BCUT2D eigenvalue weighted by Gasteiger charge is -2.43. The van der Waals surface area contributed by atoms with Crippen LogP contribution in [0.5, 0.6) is 11.5 Å². The van der Waals surface area contributed by atoms with E-state index in [1.807, 2.05) is 40.9 Å². The molecule has 0 bridgehead atoms. The maximum absolute atomic E-state index is 13.0. The zero-order valence-corrected chi connectivity index (χ0v) is 22.1. The molecule has 0 spiro atoms. The highest BCUT2D eigenvalue weighted by Gasteiger charge is 2.46. The van der Waals surface area contributed by atoms with Gasteiger partial charge < -0.3 is 14.6 Å². The highest BCUT2D eigenvalue weighted by Crippen LogP contribution is 2.36. The van der Waals surface area contributed by atoms with Gasteiger partial charge in [-0.05, 0) is 31.2 Å². The second-order valence-corrected chi connectivity index (χ2v) is 10.6. The number of nitrogens with one attached hydrogen (secondary N) is 1. The number of hydrogen-bond acceptors (Lipinski definition) is 7. The molecule has 5 heterocycles. The van der Waals surface area contributed by atoms with Crippen LogP contribution in [-0.4, -0.2) is 84.1 Å². The molecular formula is C27H23ClF2N8O2. The predicted octanol–water partition coefficient (Wildman–Crippen LogP) is 4.46. The number of halogens is 3. The van der Waals surface area contributed by atoms with E-state index < -0.39 is 19.0 Å². The Labute approximate surface area is 231 Å². The predicted molar refractivity (Wildman–Crippen MR) is 144 cm³/mol. The zero-order chi connectivity index (χ0) is 27.6. The van der Waals surface area contributed by atoms with Gasteiger partial charge in [0.25, 0.3) is 5.92 Å². The number of carbonyl (C=O) groups excluding carboxylic acids is 1. The average Bonchev–Trinajstić information content (AvgIpc) is 3.51. The summed E-state index contributed by atoms with van der Waals surface area (Å²) in [6, 6.07) is 9.23. The number of rotatable bonds is 6. The van der Waals surface area contributed by atoms with Crippen molar-refractivity contribution in [2.24, 2.45) is 0 Å². The molecule has 0 saturated carbocycles. The summed E-state index contributed by atoms with van der Waals surface area (Å²) < 4.78 is 34.0. The molecule has 7 rings (SSSR count). The molecule has 2 saturated heterocycles. The molecule has 1 N–H and O–H groups in total. The third-order valence-electron chi connectivity index (χ3n) is 7.18. The molecule has 204 valence electrons. The van der Waals surface area contributed by atoms with Crippen LogP contribution in [0.15, 0.2) is 48.9 Å². The number of H-pyrrole nitrogens is 1. The molecule has 2 aliphatic heterocycles. The van der Waals surface area contributed by atoms with Crippen molar-refractivity contribution in [3.63, 3.8) is 0 Å². The fourth-order valence-corrected chi connectivity index (χ4v) is 5.28. The van der Waals surface area contributed by atoms with Crippen molar-refractivity contribution >= 4 is 39.6 Å². The van der Waals surface area contributed by atoms with Crippen molar-refractivity contribution in [3.8, 4) is 22.8 Å². The summed E-state index contributed by atoms with van der Waals surface area (Å²) in [6.07, 6.45) is 5.26. The first-order valence-corrected chi connectivity index (χ1v) is 13.1. The van der Waals surface area contributed by atoms with Gasteiger partial charge in [0.2, 0.25) is 5.91 Å². The third-order valence-corrected chi connectivity index (χ3v) is 7.55. The van der Waals surface area contributed by atoms with Crippen molar-refractivity contribution < 1.29 is 18.3 Å². The number of aromatic amines is 1. The first-order chi connectivity index (χ1) is 19.2. The average molecular weight is 565 g/mol. The van der Waals surface area contributed by atoms with Crippen LogP contribution in [0.4, 0.5) is 8.78 Å². The van der Waals surface area contributed by atoms with Gasteiger partial charge in [0.15, 0.2) is 0 Å². The number of amides is 1. The number of fused-ring (bicyclic) bond motifs is 2. The normalized spacial score (nSPS) is 17.2. The fraction of sp³-hybridized carbons (Fsp3) is 0.296. The number of carbonyl (C=O) groups is 1. The van der Waals surface area contributed by atoms with Gasteiger partial charge in [0.1, 0.15) is 27.9 Å². The first kappa shape index (κ1) is 24.9. The lowest BCUT2D eigenvalue weighted by Crippen LogP contribution is -2.61. The van der Waals surface area contributed by atoms with Gasteiger partial charge in [-0.15, -0.1) is 0 Å². The number of likely N-dealkylation sites (tertiary alicyclic amines) is 2. The molecule has 1 amide bonds. The number of alkyl halides is 2. The zero-order valence-electron chi connectivity index (χ0n) is 21.3. The van der Waals surface area contributed by atoms with Crippen LogP contribution in [0.1, 0.15) is 11.9 Å². The Balaban J connectivity index is 1.05. The van der Waals surface area contributed by atoms with E-state index in [0.29, 0.717) is 46.3 Å². The minimum Gasteiger partial charge on any atom is -0.456 e. The summed E-state index contributed by atoms with van der Waals surface area (Å²) in [7, 11) is 0. The van der Waals surface area contributed by atoms with E-state index in [0.717, 1.165) is 22.4 Å². The number of aromatic nitrogens is 6. The monoisotopic (exact) mass is 564 g/mol. The molecule has 0 unspecified atom stereocenters. The molecular weight excluding hydrogens is 542 g/mol. The highest BCUT2D eigenvalue weighted by molar-refractivity contribution is 6.36. The van der Waals surface area contributed by atoms with Crippen LogP contribution in [0, 0.1) is 6.92 Å². The van der Waals surface area contributed by atoms with Crippen molar-refractivity contribution in [1.82, 2.24) is 39.5 Å². The van der Waals surface area contributed by atoms with E-state index in [1.165, 1.54) is 4.90 Å². The van der Waals surface area contributed by atoms with Crippen LogP contribution < -0.4 is 4.74 Å². The molecule has 0 radical (unpaired) electrons. The Morgan fingerprint density at radius 1 is 1.15 bits per heavy atom. The van der Waals surface area contributed by atoms with Crippen LogP contribution >= 0.6 is 11.6 Å². The van der Waals surface area contributed by atoms with E-state index >= 15 is 0 Å². The van der Waals surface area contributed by atoms with Crippen LogP contribution in [0.2, 0.25) is 5.02 Å². The molecule has 0 aliphatic carbocycles. The number of hydrogen-bond donors (Lipinski definition) is 1.